The Morgan fingerprint density at radius 2 is 1.83 bits per heavy atom. The Hall–Kier alpha value is -1.40. The van der Waals surface area contributed by atoms with Crippen LogP contribution in [-0.2, 0) is 15.8 Å². The van der Waals surface area contributed by atoms with Gasteiger partial charge in [0.15, 0.2) is 8.32 Å². The van der Waals surface area contributed by atoms with E-state index in [1.54, 1.807) is 12.3 Å². The van der Waals surface area contributed by atoms with Crippen LogP contribution in [0.3, 0.4) is 0 Å². The molecule has 6 heteroatoms. The summed E-state index contributed by atoms with van der Waals surface area (Å²) in [6.45, 7) is 17.0. The largest absolute Gasteiger partial charge is 0.444 e. The van der Waals surface area contributed by atoms with Crippen LogP contribution in [-0.4, -0.2) is 25.0 Å². The Bertz CT molecular complexity index is 546. The number of hydrogen-bond acceptors (Lipinski definition) is 4. The van der Waals surface area contributed by atoms with E-state index in [9.17, 15) is 4.79 Å². The van der Waals surface area contributed by atoms with E-state index < -0.39 is 20.0 Å². The summed E-state index contributed by atoms with van der Waals surface area (Å²) in [6, 6.07) is 3.55. The molecule has 0 radical (unpaired) electrons. The van der Waals surface area contributed by atoms with Crippen LogP contribution >= 0.6 is 0 Å². The van der Waals surface area contributed by atoms with Crippen molar-refractivity contribution in [1.29, 1.82) is 0 Å². The van der Waals surface area contributed by atoms with Crippen molar-refractivity contribution in [2.45, 2.75) is 71.9 Å². The van der Waals surface area contributed by atoms with Gasteiger partial charge in [0.2, 0.25) is 0 Å². The zero-order valence-corrected chi connectivity index (χ0v) is 16.6. The van der Waals surface area contributed by atoms with Crippen LogP contribution < -0.4 is 5.32 Å². The zero-order chi connectivity index (χ0) is 17.9. The normalized spacial score (nSPS) is 12.9. The summed E-state index contributed by atoms with van der Waals surface area (Å²) >= 11 is 0. The molecule has 23 heavy (non-hydrogen) atoms. The Balaban J connectivity index is 2.69. The minimum absolute atomic E-state index is 0.152. The second-order valence-electron chi connectivity index (χ2n) is 8.21. The van der Waals surface area contributed by atoms with Gasteiger partial charge >= 0.3 is 6.09 Å². The van der Waals surface area contributed by atoms with Crippen molar-refractivity contribution >= 4 is 20.1 Å². The zero-order valence-electron chi connectivity index (χ0n) is 15.6. The van der Waals surface area contributed by atoms with Gasteiger partial charge in [-0.25, -0.2) is 4.79 Å². The number of nitrogens with one attached hydrogen (secondary N) is 1. The molecule has 0 aliphatic rings. The first-order chi connectivity index (χ1) is 10.3. The van der Waals surface area contributed by atoms with Gasteiger partial charge in [0.1, 0.15) is 5.60 Å². The van der Waals surface area contributed by atoms with Crippen LogP contribution in [0.25, 0.3) is 0 Å². The molecular weight excluding hydrogens is 308 g/mol. The lowest BCUT2D eigenvalue weighted by atomic mass is 10.2. The van der Waals surface area contributed by atoms with Crippen LogP contribution in [0.2, 0.25) is 18.1 Å². The fraction of sp³-hybridized carbons (Fsp3) is 0.647. The van der Waals surface area contributed by atoms with Crippen LogP contribution in [0, 0.1) is 0 Å². The third-order valence-electron chi connectivity index (χ3n) is 3.85. The van der Waals surface area contributed by atoms with E-state index in [2.05, 4.69) is 44.2 Å². The van der Waals surface area contributed by atoms with Crippen molar-refractivity contribution in [3.8, 4) is 0 Å². The second kappa shape index (κ2) is 7.01. The molecule has 0 aliphatic heterocycles. The average molecular weight is 339 g/mol. The summed E-state index contributed by atoms with van der Waals surface area (Å²) in [6.07, 6.45) is 1.19. The first-order valence-corrected chi connectivity index (χ1v) is 10.8. The molecule has 1 amide bonds. The van der Waals surface area contributed by atoms with Gasteiger partial charge in [0, 0.05) is 11.9 Å². The maximum Gasteiger partial charge on any atom is 0.412 e. The van der Waals surface area contributed by atoms with Gasteiger partial charge in [0.25, 0.3) is 0 Å². The molecule has 0 fully saturated rings. The van der Waals surface area contributed by atoms with E-state index in [-0.39, 0.29) is 5.04 Å². The van der Waals surface area contributed by atoms with Gasteiger partial charge in [-0.2, -0.15) is 0 Å². The summed E-state index contributed by atoms with van der Waals surface area (Å²) in [4.78, 5) is 16.1. The predicted molar refractivity (Wildman–Crippen MR) is 96.1 cm³/mol. The number of aromatic nitrogens is 1. The molecule has 5 nitrogen and oxygen atoms in total. The highest BCUT2D eigenvalue weighted by atomic mass is 28.4. The smallest absolute Gasteiger partial charge is 0.412 e. The van der Waals surface area contributed by atoms with Gasteiger partial charge in [-0.05, 0) is 51.0 Å². The fourth-order valence-corrected chi connectivity index (χ4v) is 2.47. The molecule has 1 N–H and O–H groups in total. The van der Waals surface area contributed by atoms with Crippen LogP contribution in [0.4, 0.5) is 10.5 Å². The quantitative estimate of drug-likeness (QED) is 0.789. The monoisotopic (exact) mass is 338 g/mol. The van der Waals surface area contributed by atoms with E-state index >= 15 is 0 Å². The molecule has 0 aromatic carbocycles. The summed E-state index contributed by atoms with van der Waals surface area (Å²) in [7, 11) is -1.82. The van der Waals surface area contributed by atoms with Crippen LogP contribution in [0.1, 0.15) is 47.2 Å². The number of carbonyl (C=O) groups excluding carboxylic acids is 1. The molecule has 1 rings (SSSR count). The number of ether oxygens (including phenoxy) is 1. The highest BCUT2D eigenvalue weighted by molar-refractivity contribution is 6.74. The molecule has 1 aromatic heterocycles. The molecule has 0 unspecified atom stereocenters. The van der Waals surface area contributed by atoms with Crippen LogP contribution in [0.15, 0.2) is 18.3 Å². The number of pyridine rings is 1. The Labute approximate surface area is 140 Å². The fourth-order valence-electron chi connectivity index (χ4n) is 1.53. The number of amides is 1. The second-order valence-corrected chi connectivity index (χ2v) is 13.0. The standard InChI is InChI=1S/C17H30N2O3Si/c1-16(2,3)22-15(20)19-13-9-10-18-14(11-13)12-21-23(7,8)17(4,5)6/h9-11H,12H2,1-8H3,(H,18,19,20). The summed E-state index contributed by atoms with van der Waals surface area (Å²) < 4.78 is 11.4. The number of carbonyl (C=O) groups is 1. The van der Waals surface area contributed by atoms with Gasteiger partial charge in [-0.15, -0.1) is 0 Å². The van der Waals surface area contributed by atoms with Gasteiger partial charge < -0.3 is 9.16 Å². The summed E-state index contributed by atoms with van der Waals surface area (Å²) in [5, 5.41) is 2.87. The van der Waals surface area contributed by atoms with Crippen molar-refractivity contribution in [3.05, 3.63) is 24.0 Å². The molecule has 0 saturated carbocycles. The van der Waals surface area contributed by atoms with E-state index in [1.165, 1.54) is 0 Å². The van der Waals surface area contributed by atoms with Crippen molar-refractivity contribution < 1.29 is 14.0 Å². The van der Waals surface area contributed by atoms with Gasteiger partial charge in [0.05, 0.1) is 12.3 Å². The number of hydrogen-bond donors (Lipinski definition) is 1. The molecule has 1 heterocycles. The van der Waals surface area contributed by atoms with E-state index in [0.29, 0.717) is 12.3 Å². The minimum atomic E-state index is -1.82. The molecule has 0 atom stereocenters. The lowest BCUT2D eigenvalue weighted by Gasteiger charge is -2.36. The van der Waals surface area contributed by atoms with Crippen LogP contribution in [0.5, 0.6) is 0 Å². The first-order valence-electron chi connectivity index (χ1n) is 7.89. The highest BCUT2D eigenvalue weighted by Crippen LogP contribution is 2.37. The molecule has 130 valence electrons. The van der Waals surface area contributed by atoms with Crippen molar-refractivity contribution in [1.82, 2.24) is 4.98 Å². The summed E-state index contributed by atoms with van der Waals surface area (Å²) in [5.74, 6) is 0. The highest BCUT2D eigenvalue weighted by Gasteiger charge is 2.37. The van der Waals surface area contributed by atoms with Crippen molar-refractivity contribution in [2.75, 3.05) is 5.32 Å². The third-order valence-corrected chi connectivity index (χ3v) is 8.33. The lowest BCUT2D eigenvalue weighted by Crippen LogP contribution is -2.40. The SMILES string of the molecule is CC(C)(C)OC(=O)Nc1ccnc(CO[Si](C)(C)C(C)(C)C)c1. The van der Waals surface area contributed by atoms with Crippen molar-refractivity contribution in [3.63, 3.8) is 0 Å². The molecule has 0 spiro atoms. The van der Waals surface area contributed by atoms with E-state index in [4.69, 9.17) is 9.16 Å². The first kappa shape index (κ1) is 19.6. The Kier molecular flexibility index (Phi) is 5.98. The minimum Gasteiger partial charge on any atom is -0.444 e. The van der Waals surface area contributed by atoms with E-state index in [1.807, 2.05) is 26.8 Å². The van der Waals surface area contributed by atoms with Crippen molar-refractivity contribution in [2.24, 2.45) is 0 Å². The molecular formula is C17H30N2O3Si. The number of anilines is 1. The summed E-state index contributed by atoms with van der Waals surface area (Å²) in [5.41, 5.74) is 0.928. The number of rotatable bonds is 4. The van der Waals surface area contributed by atoms with Gasteiger partial charge in [-0.3, -0.25) is 10.3 Å². The lowest BCUT2D eigenvalue weighted by molar-refractivity contribution is 0.0636. The number of nitrogens with zero attached hydrogens (tertiary/aromatic N) is 1. The third kappa shape index (κ3) is 6.70. The Morgan fingerprint density at radius 1 is 1.22 bits per heavy atom. The Morgan fingerprint density at radius 3 is 2.35 bits per heavy atom. The molecule has 0 aliphatic carbocycles. The molecule has 1 aromatic rings. The maximum absolute atomic E-state index is 11.8. The van der Waals surface area contributed by atoms with Gasteiger partial charge in [-0.1, -0.05) is 20.8 Å². The topological polar surface area (TPSA) is 60.5 Å². The average Bonchev–Trinajstić information content (AvgIpc) is 2.33. The maximum atomic E-state index is 11.8. The molecule has 0 bridgehead atoms. The van der Waals surface area contributed by atoms with E-state index in [0.717, 1.165) is 5.69 Å². The molecule has 0 saturated heterocycles. The predicted octanol–water partition coefficient (Wildman–Crippen LogP) is 4.95.